The van der Waals surface area contributed by atoms with Crippen LogP contribution >= 0.6 is 0 Å². The second-order valence-corrected chi connectivity index (χ2v) is 4.71. The molecule has 1 aromatic carbocycles. The zero-order chi connectivity index (χ0) is 10.9. The van der Waals surface area contributed by atoms with Crippen LogP contribution in [0.2, 0.25) is 0 Å². The van der Waals surface area contributed by atoms with E-state index >= 15 is 0 Å². The first-order chi connectivity index (χ1) is 7.12. The van der Waals surface area contributed by atoms with Crippen LogP contribution in [0.1, 0.15) is 38.8 Å². The second kappa shape index (κ2) is 3.86. The molecule has 0 bridgehead atoms. The summed E-state index contributed by atoms with van der Waals surface area (Å²) < 4.78 is 5.96. The van der Waals surface area contributed by atoms with E-state index in [1.165, 1.54) is 5.56 Å². The molecule has 0 fully saturated rings. The van der Waals surface area contributed by atoms with E-state index in [0.717, 1.165) is 18.7 Å². The van der Waals surface area contributed by atoms with Gasteiger partial charge in [0.1, 0.15) is 11.4 Å². The predicted molar refractivity (Wildman–Crippen MR) is 62.2 cm³/mol. The van der Waals surface area contributed by atoms with Gasteiger partial charge in [-0.25, -0.2) is 0 Å². The van der Waals surface area contributed by atoms with E-state index in [2.05, 4.69) is 44.3 Å². The normalized spacial score (nSPS) is 23.0. The molecule has 1 atom stereocenters. The second-order valence-electron chi connectivity index (χ2n) is 4.71. The minimum atomic E-state index is -0.0683. The van der Waals surface area contributed by atoms with Crippen molar-refractivity contribution in [2.45, 2.75) is 38.8 Å². The average Bonchev–Trinajstić information content (AvgIpc) is 2.16. The highest BCUT2D eigenvalue weighted by molar-refractivity contribution is 5.38. The highest BCUT2D eigenvalue weighted by atomic mass is 16.5. The molecule has 2 heteroatoms. The monoisotopic (exact) mass is 205 g/mol. The van der Waals surface area contributed by atoms with Gasteiger partial charge in [0.15, 0.2) is 0 Å². The summed E-state index contributed by atoms with van der Waals surface area (Å²) in [6.07, 6.45) is 1.03. The van der Waals surface area contributed by atoms with Gasteiger partial charge in [0.05, 0.1) is 0 Å². The fourth-order valence-corrected chi connectivity index (χ4v) is 2.23. The van der Waals surface area contributed by atoms with Crippen LogP contribution in [0.15, 0.2) is 24.3 Å². The predicted octanol–water partition coefficient (Wildman–Crippen LogP) is 2.90. The SMILES string of the molecule is CCNC1CC(C)(C)Oc2ccccc21. The molecule has 0 saturated heterocycles. The first-order valence-corrected chi connectivity index (χ1v) is 5.64. The first-order valence-electron chi connectivity index (χ1n) is 5.64. The van der Waals surface area contributed by atoms with E-state index < -0.39 is 0 Å². The smallest absolute Gasteiger partial charge is 0.124 e. The molecule has 0 spiro atoms. The molecule has 1 heterocycles. The molecule has 2 rings (SSSR count). The Labute approximate surface area is 91.6 Å². The molecule has 2 nitrogen and oxygen atoms in total. The molecule has 0 aromatic heterocycles. The van der Waals surface area contributed by atoms with Gasteiger partial charge in [0.25, 0.3) is 0 Å². The maximum atomic E-state index is 5.96. The Bertz CT molecular complexity index is 346. The maximum Gasteiger partial charge on any atom is 0.124 e. The number of nitrogens with one attached hydrogen (secondary N) is 1. The molecule has 1 unspecified atom stereocenters. The Morgan fingerprint density at radius 3 is 2.87 bits per heavy atom. The zero-order valence-electron chi connectivity index (χ0n) is 9.71. The number of hydrogen-bond acceptors (Lipinski definition) is 2. The molecule has 1 N–H and O–H groups in total. The Hall–Kier alpha value is -1.02. The largest absolute Gasteiger partial charge is 0.487 e. The molecular formula is C13H19NO. The van der Waals surface area contributed by atoms with Crippen LogP contribution in [0.25, 0.3) is 0 Å². The summed E-state index contributed by atoms with van der Waals surface area (Å²) in [6.45, 7) is 7.43. The van der Waals surface area contributed by atoms with Gasteiger partial charge in [-0.3, -0.25) is 0 Å². The van der Waals surface area contributed by atoms with Crippen LogP contribution < -0.4 is 10.1 Å². The van der Waals surface area contributed by atoms with E-state index in [-0.39, 0.29) is 5.60 Å². The van der Waals surface area contributed by atoms with Crippen molar-refractivity contribution in [3.05, 3.63) is 29.8 Å². The number of rotatable bonds is 2. The van der Waals surface area contributed by atoms with Crippen LogP contribution in [-0.2, 0) is 0 Å². The molecule has 0 amide bonds. The highest BCUT2D eigenvalue weighted by Gasteiger charge is 2.32. The van der Waals surface area contributed by atoms with Crippen LogP contribution in [-0.4, -0.2) is 12.1 Å². The molecule has 0 saturated carbocycles. The lowest BCUT2D eigenvalue weighted by atomic mass is 9.90. The van der Waals surface area contributed by atoms with Gasteiger partial charge in [0, 0.05) is 18.0 Å². The van der Waals surface area contributed by atoms with Crippen molar-refractivity contribution < 1.29 is 4.74 Å². The van der Waals surface area contributed by atoms with Crippen LogP contribution in [0.3, 0.4) is 0 Å². The summed E-state index contributed by atoms with van der Waals surface area (Å²) in [5, 5.41) is 3.52. The summed E-state index contributed by atoms with van der Waals surface area (Å²) in [5.41, 5.74) is 1.22. The van der Waals surface area contributed by atoms with E-state index in [1.807, 2.05) is 6.07 Å². The third-order valence-corrected chi connectivity index (χ3v) is 2.83. The number of benzene rings is 1. The lowest BCUT2D eigenvalue weighted by molar-refractivity contribution is 0.0664. The Balaban J connectivity index is 2.34. The Morgan fingerprint density at radius 2 is 2.13 bits per heavy atom. The van der Waals surface area contributed by atoms with Crippen molar-refractivity contribution in [2.24, 2.45) is 0 Å². The Kier molecular flexibility index (Phi) is 2.70. The van der Waals surface area contributed by atoms with Gasteiger partial charge in [-0.15, -0.1) is 0 Å². The van der Waals surface area contributed by atoms with E-state index in [9.17, 15) is 0 Å². The van der Waals surface area contributed by atoms with Crippen molar-refractivity contribution in [2.75, 3.05) is 6.54 Å². The van der Waals surface area contributed by atoms with Crippen LogP contribution in [0, 0.1) is 0 Å². The van der Waals surface area contributed by atoms with Crippen molar-refractivity contribution in [1.29, 1.82) is 0 Å². The lowest BCUT2D eigenvalue weighted by Gasteiger charge is -2.37. The fourth-order valence-electron chi connectivity index (χ4n) is 2.23. The van der Waals surface area contributed by atoms with E-state index in [4.69, 9.17) is 4.74 Å². The standard InChI is InChI=1S/C13H19NO/c1-4-14-11-9-13(2,3)15-12-8-6-5-7-10(11)12/h5-8,11,14H,4,9H2,1-3H3. The van der Waals surface area contributed by atoms with Crippen molar-refractivity contribution >= 4 is 0 Å². The first kappa shape index (κ1) is 10.5. The fraction of sp³-hybridized carbons (Fsp3) is 0.538. The minimum absolute atomic E-state index is 0.0683. The summed E-state index contributed by atoms with van der Waals surface area (Å²) in [6, 6.07) is 8.74. The molecule has 1 aliphatic rings. The van der Waals surface area contributed by atoms with Crippen LogP contribution in [0.4, 0.5) is 0 Å². The van der Waals surface area contributed by atoms with E-state index in [1.54, 1.807) is 0 Å². The molecule has 15 heavy (non-hydrogen) atoms. The Morgan fingerprint density at radius 1 is 1.40 bits per heavy atom. The number of hydrogen-bond donors (Lipinski definition) is 1. The summed E-state index contributed by atoms with van der Waals surface area (Å²) >= 11 is 0. The molecule has 0 aliphatic carbocycles. The quantitative estimate of drug-likeness (QED) is 0.801. The van der Waals surface area contributed by atoms with Gasteiger partial charge in [0.2, 0.25) is 0 Å². The highest BCUT2D eigenvalue weighted by Crippen LogP contribution is 2.38. The third kappa shape index (κ3) is 2.15. The lowest BCUT2D eigenvalue weighted by Crippen LogP contribution is -2.39. The van der Waals surface area contributed by atoms with Crippen molar-refractivity contribution in [1.82, 2.24) is 5.32 Å². The third-order valence-electron chi connectivity index (χ3n) is 2.83. The van der Waals surface area contributed by atoms with Gasteiger partial charge in [-0.05, 0) is 26.5 Å². The van der Waals surface area contributed by atoms with E-state index in [0.29, 0.717) is 6.04 Å². The molecule has 1 aromatic rings. The van der Waals surface area contributed by atoms with Crippen LogP contribution in [0.5, 0.6) is 5.75 Å². The van der Waals surface area contributed by atoms with Crippen molar-refractivity contribution in [3.8, 4) is 5.75 Å². The summed E-state index contributed by atoms with van der Waals surface area (Å²) in [5.74, 6) is 1.03. The molecule has 0 radical (unpaired) electrons. The molecular weight excluding hydrogens is 186 g/mol. The maximum absolute atomic E-state index is 5.96. The molecule has 82 valence electrons. The number of fused-ring (bicyclic) bond motifs is 1. The number of ether oxygens (including phenoxy) is 1. The summed E-state index contributed by atoms with van der Waals surface area (Å²) in [7, 11) is 0. The summed E-state index contributed by atoms with van der Waals surface area (Å²) in [4.78, 5) is 0. The minimum Gasteiger partial charge on any atom is -0.487 e. The van der Waals surface area contributed by atoms with Crippen molar-refractivity contribution in [3.63, 3.8) is 0 Å². The number of para-hydroxylation sites is 1. The topological polar surface area (TPSA) is 21.3 Å². The average molecular weight is 205 g/mol. The van der Waals surface area contributed by atoms with Gasteiger partial charge in [-0.1, -0.05) is 25.1 Å². The van der Waals surface area contributed by atoms with Gasteiger partial charge >= 0.3 is 0 Å². The van der Waals surface area contributed by atoms with Gasteiger partial charge in [-0.2, -0.15) is 0 Å². The van der Waals surface area contributed by atoms with Gasteiger partial charge < -0.3 is 10.1 Å². The zero-order valence-corrected chi connectivity index (χ0v) is 9.71. The molecule has 1 aliphatic heterocycles.